The van der Waals surface area contributed by atoms with Crippen molar-refractivity contribution < 1.29 is 14.6 Å². The SMILES string of the molecule is COC(=O)C(C)N1CCCC1C1CCCC1O. The maximum atomic E-state index is 11.6. The summed E-state index contributed by atoms with van der Waals surface area (Å²) < 4.78 is 4.82. The number of hydrogen-bond acceptors (Lipinski definition) is 4. The van der Waals surface area contributed by atoms with E-state index in [1.807, 2.05) is 6.92 Å². The zero-order valence-electron chi connectivity index (χ0n) is 10.8. The van der Waals surface area contributed by atoms with Crippen LogP contribution in [0.4, 0.5) is 0 Å². The minimum Gasteiger partial charge on any atom is -0.468 e. The van der Waals surface area contributed by atoms with Gasteiger partial charge in [-0.3, -0.25) is 9.69 Å². The number of esters is 1. The molecule has 1 N–H and O–H groups in total. The predicted molar refractivity (Wildman–Crippen MR) is 64.6 cm³/mol. The topological polar surface area (TPSA) is 49.8 Å². The second-order valence-corrected chi connectivity index (χ2v) is 5.31. The van der Waals surface area contributed by atoms with Crippen LogP contribution in [0.2, 0.25) is 0 Å². The molecule has 0 spiro atoms. The van der Waals surface area contributed by atoms with Crippen LogP contribution in [0.1, 0.15) is 39.0 Å². The molecule has 4 unspecified atom stereocenters. The monoisotopic (exact) mass is 241 g/mol. The molecule has 4 atom stereocenters. The van der Waals surface area contributed by atoms with Gasteiger partial charge in [0.05, 0.1) is 13.2 Å². The van der Waals surface area contributed by atoms with Crippen molar-refractivity contribution in [3.8, 4) is 0 Å². The van der Waals surface area contributed by atoms with Gasteiger partial charge in [-0.15, -0.1) is 0 Å². The van der Waals surface area contributed by atoms with Crippen molar-refractivity contribution in [2.45, 2.75) is 57.2 Å². The molecule has 1 aliphatic carbocycles. The zero-order valence-corrected chi connectivity index (χ0v) is 10.8. The van der Waals surface area contributed by atoms with Crippen LogP contribution in [0, 0.1) is 5.92 Å². The van der Waals surface area contributed by atoms with Gasteiger partial charge in [0, 0.05) is 12.0 Å². The Hall–Kier alpha value is -0.610. The fourth-order valence-electron chi connectivity index (χ4n) is 3.48. The van der Waals surface area contributed by atoms with Crippen molar-refractivity contribution in [1.29, 1.82) is 0 Å². The number of ether oxygens (including phenoxy) is 1. The number of methoxy groups -OCH3 is 1. The molecule has 1 aliphatic heterocycles. The molecule has 98 valence electrons. The molecule has 2 rings (SSSR count). The number of hydrogen-bond donors (Lipinski definition) is 1. The molecule has 2 fully saturated rings. The van der Waals surface area contributed by atoms with Crippen molar-refractivity contribution in [2.24, 2.45) is 5.92 Å². The Morgan fingerprint density at radius 2 is 2.12 bits per heavy atom. The Morgan fingerprint density at radius 1 is 1.35 bits per heavy atom. The van der Waals surface area contributed by atoms with Crippen molar-refractivity contribution in [3.63, 3.8) is 0 Å². The lowest BCUT2D eigenvalue weighted by Crippen LogP contribution is -2.47. The molecule has 1 saturated heterocycles. The van der Waals surface area contributed by atoms with Gasteiger partial charge in [-0.25, -0.2) is 0 Å². The second kappa shape index (κ2) is 5.36. The van der Waals surface area contributed by atoms with Crippen molar-refractivity contribution >= 4 is 5.97 Å². The van der Waals surface area contributed by atoms with Gasteiger partial charge in [0.15, 0.2) is 0 Å². The van der Waals surface area contributed by atoms with Gasteiger partial charge in [-0.1, -0.05) is 6.42 Å². The van der Waals surface area contributed by atoms with E-state index in [1.165, 1.54) is 7.11 Å². The van der Waals surface area contributed by atoms with E-state index in [1.54, 1.807) is 0 Å². The van der Waals surface area contributed by atoms with E-state index in [4.69, 9.17) is 4.74 Å². The number of nitrogens with zero attached hydrogens (tertiary/aromatic N) is 1. The molecular formula is C13H23NO3. The first-order chi connectivity index (χ1) is 8.15. The summed E-state index contributed by atoms with van der Waals surface area (Å²) in [6, 6.07) is 0.182. The highest BCUT2D eigenvalue weighted by Crippen LogP contribution is 2.36. The van der Waals surface area contributed by atoms with Gasteiger partial charge in [-0.05, 0) is 39.2 Å². The summed E-state index contributed by atoms with van der Waals surface area (Å²) >= 11 is 0. The average molecular weight is 241 g/mol. The first-order valence-electron chi connectivity index (χ1n) is 6.66. The van der Waals surface area contributed by atoms with Crippen LogP contribution in [-0.2, 0) is 9.53 Å². The number of aliphatic hydroxyl groups excluding tert-OH is 1. The van der Waals surface area contributed by atoms with Crippen molar-refractivity contribution in [3.05, 3.63) is 0 Å². The Bertz CT molecular complexity index is 282. The predicted octanol–water partition coefficient (Wildman–Crippen LogP) is 1.17. The van der Waals surface area contributed by atoms with E-state index >= 15 is 0 Å². The molecule has 0 aromatic carbocycles. The lowest BCUT2D eigenvalue weighted by atomic mass is 9.93. The molecule has 0 radical (unpaired) electrons. The summed E-state index contributed by atoms with van der Waals surface area (Å²) in [4.78, 5) is 13.8. The molecular weight excluding hydrogens is 218 g/mol. The van der Waals surface area contributed by atoms with Crippen LogP contribution in [0.3, 0.4) is 0 Å². The molecule has 17 heavy (non-hydrogen) atoms. The van der Waals surface area contributed by atoms with E-state index in [-0.39, 0.29) is 18.1 Å². The molecule has 4 heteroatoms. The first kappa shape index (κ1) is 12.8. The number of rotatable bonds is 3. The third-order valence-corrected chi connectivity index (χ3v) is 4.41. The third kappa shape index (κ3) is 2.47. The number of carbonyl (C=O) groups excluding carboxylic acids is 1. The van der Waals surface area contributed by atoms with Crippen LogP contribution in [0.5, 0.6) is 0 Å². The third-order valence-electron chi connectivity index (χ3n) is 4.41. The molecule has 4 nitrogen and oxygen atoms in total. The maximum Gasteiger partial charge on any atom is 0.322 e. The molecule has 2 aliphatic rings. The van der Waals surface area contributed by atoms with E-state index in [0.717, 1.165) is 38.6 Å². The fourth-order valence-corrected chi connectivity index (χ4v) is 3.48. The minimum absolute atomic E-state index is 0.163. The Morgan fingerprint density at radius 3 is 2.71 bits per heavy atom. The zero-order chi connectivity index (χ0) is 12.4. The Labute approximate surface area is 103 Å². The van der Waals surface area contributed by atoms with Crippen LogP contribution in [0.15, 0.2) is 0 Å². The lowest BCUT2D eigenvalue weighted by molar-refractivity contribution is -0.147. The fraction of sp³-hybridized carbons (Fsp3) is 0.923. The summed E-state index contributed by atoms with van der Waals surface area (Å²) in [7, 11) is 1.44. The molecule has 0 amide bonds. The summed E-state index contributed by atoms with van der Waals surface area (Å²) in [6.07, 6.45) is 5.17. The van der Waals surface area contributed by atoms with Gasteiger partial charge in [0.2, 0.25) is 0 Å². The van der Waals surface area contributed by atoms with Gasteiger partial charge in [0.25, 0.3) is 0 Å². The van der Waals surface area contributed by atoms with Crippen molar-refractivity contribution in [2.75, 3.05) is 13.7 Å². The lowest BCUT2D eigenvalue weighted by Gasteiger charge is -2.34. The second-order valence-electron chi connectivity index (χ2n) is 5.31. The highest BCUT2D eigenvalue weighted by molar-refractivity contribution is 5.75. The van der Waals surface area contributed by atoms with E-state index in [2.05, 4.69) is 4.90 Å². The van der Waals surface area contributed by atoms with Gasteiger partial charge < -0.3 is 9.84 Å². The maximum absolute atomic E-state index is 11.6. The molecule has 0 bridgehead atoms. The summed E-state index contributed by atoms with van der Waals surface area (Å²) in [6.45, 7) is 2.86. The van der Waals surface area contributed by atoms with Gasteiger partial charge in [0.1, 0.15) is 6.04 Å². The van der Waals surface area contributed by atoms with Crippen LogP contribution < -0.4 is 0 Å². The molecule has 1 heterocycles. The first-order valence-corrected chi connectivity index (χ1v) is 6.66. The average Bonchev–Trinajstić information content (AvgIpc) is 2.94. The summed E-state index contributed by atoms with van der Waals surface area (Å²) in [5.74, 6) is 0.189. The molecule has 1 saturated carbocycles. The summed E-state index contributed by atoms with van der Waals surface area (Å²) in [5, 5.41) is 10.0. The number of likely N-dealkylation sites (tertiary alicyclic amines) is 1. The molecule has 0 aromatic heterocycles. The summed E-state index contributed by atoms with van der Waals surface area (Å²) in [5.41, 5.74) is 0. The van der Waals surface area contributed by atoms with Crippen molar-refractivity contribution in [1.82, 2.24) is 4.90 Å². The Balaban J connectivity index is 2.04. The highest BCUT2D eigenvalue weighted by atomic mass is 16.5. The van der Waals surface area contributed by atoms with Crippen LogP contribution >= 0.6 is 0 Å². The van der Waals surface area contributed by atoms with Gasteiger partial charge >= 0.3 is 5.97 Å². The van der Waals surface area contributed by atoms with E-state index < -0.39 is 0 Å². The normalized spacial score (nSPS) is 36.1. The smallest absolute Gasteiger partial charge is 0.322 e. The largest absolute Gasteiger partial charge is 0.468 e. The highest BCUT2D eigenvalue weighted by Gasteiger charge is 2.41. The van der Waals surface area contributed by atoms with Crippen LogP contribution in [-0.4, -0.2) is 47.8 Å². The molecule has 0 aromatic rings. The quantitative estimate of drug-likeness (QED) is 0.754. The van der Waals surface area contributed by atoms with Crippen LogP contribution in [0.25, 0.3) is 0 Å². The van der Waals surface area contributed by atoms with E-state index in [9.17, 15) is 9.90 Å². The van der Waals surface area contributed by atoms with E-state index in [0.29, 0.717) is 12.0 Å². The number of aliphatic hydroxyl groups is 1. The Kier molecular flexibility index (Phi) is 4.05. The standard InChI is InChI=1S/C13H23NO3/c1-9(13(16)17-2)14-8-4-6-11(14)10-5-3-7-12(10)15/h9-12,15H,3-8H2,1-2H3. The van der Waals surface area contributed by atoms with Gasteiger partial charge in [-0.2, -0.15) is 0 Å². The number of carbonyl (C=O) groups is 1. The minimum atomic E-state index is -0.180.